The number of aryl methyl sites for hydroxylation is 1. The Morgan fingerprint density at radius 1 is 1.41 bits per heavy atom. The van der Waals surface area contributed by atoms with Crippen molar-refractivity contribution in [1.29, 1.82) is 0 Å². The molecule has 0 saturated heterocycles. The average Bonchev–Trinajstić information content (AvgIpc) is 3.03. The first-order valence-electron chi connectivity index (χ1n) is 9.90. The number of pyridine rings is 1. The Hall–Kier alpha value is -1.43. The molecule has 3 rings (SSSR count). The van der Waals surface area contributed by atoms with E-state index in [0.29, 0.717) is 6.42 Å². The highest BCUT2D eigenvalue weighted by atomic mass is 79.9. The predicted octanol–water partition coefficient (Wildman–Crippen LogP) is 7.37. The second kappa shape index (κ2) is 10.1. The molecule has 0 aliphatic carbocycles. The lowest BCUT2D eigenvalue weighted by Gasteiger charge is -2.28. The normalized spacial score (nSPS) is 17.1. The highest BCUT2D eigenvalue weighted by Gasteiger charge is 2.25. The molecule has 29 heavy (non-hydrogen) atoms. The molecular formula is C23H26BrClN2OS. The number of rotatable bonds is 6. The molecule has 0 radical (unpaired) electrons. The van der Waals surface area contributed by atoms with Crippen molar-refractivity contribution in [3.8, 4) is 0 Å². The quantitative estimate of drug-likeness (QED) is 0.394. The molecule has 2 unspecified atom stereocenters. The van der Waals surface area contributed by atoms with E-state index >= 15 is 0 Å². The van der Waals surface area contributed by atoms with E-state index in [0.717, 1.165) is 49.9 Å². The van der Waals surface area contributed by atoms with Crippen molar-refractivity contribution in [2.24, 2.45) is 11.8 Å². The van der Waals surface area contributed by atoms with Gasteiger partial charge in [-0.1, -0.05) is 31.5 Å². The Bertz CT molecular complexity index is 922. The second-order valence-electron chi connectivity index (χ2n) is 7.60. The van der Waals surface area contributed by atoms with Crippen LogP contribution in [-0.4, -0.2) is 17.3 Å². The van der Waals surface area contributed by atoms with Crippen molar-refractivity contribution < 1.29 is 4.79 Å². The molecule has 1 aliphatic rings. The maximum atomic E-state index is 12.9. The maximum absolute atomic E-state index is 12.9. The van der Waals surface area contributed by atoms with Gasteiger partial charge in [0, 0.05) is 40.8 Å². The van der Waals surface area contributed by atoms with Crippen LogP contribution >= 0.6 is 38.9 Å². The van der Waals surface area contributed by atoms with Gasteiger partial charge in [-0.2, -0.15) is 0 Å². The molecule has 0 amide bonds. The number of aromatic nitrogens is 1. The summed E-state index contributed by atoms with van der Waals surface area (Å²) in [5.74, 6) is 0.519. The zero-order valence-corrected chi connectivity index (χ0v) is 20.1. The largest absolute Gasteiger partial charge is 0.346 e. The fourth-order valence-corrected chi connectivity index (χ4v) is 5.61. The van der Waals surface area contributed by atoms with Crippen LogP contribution in [0.4, 0.5) is 5.69 Å². The molecule has 0 N–H and O–H groups in total. The van der Waals surface area contributed by atoms with E-state index in [-0.39, 0.29) is 17.6 Å². The van der Waals surface area contributed by atoms with Crippen LogP contribution in [0.25, 0.3) is 0 Å². The molecule has 0 bridgehead atoms. The lowest BCUT2D eigenvalue weighted by Crippen LogP contribution is -2.23. The molecule has 1 aliphatic heterocycles. The fourth-order valence-electron chi connectivity index (χ4n) is 3.57. The molecular weight excluding hydrogens is 468 g/mol. The van der Waals surface area contributed by atoms with Gasteiger partial charge in [0.15, 0.2) is 5.78 Å². The number of ketones is 1. The molecule has 0 saturated carbocycles. The van der Waals surface area contributed by atoms with E-state index in [1.54, 1.807) is 17.5 Å². The van der Waals surface area contributed by atoms with Crippen LogP contribution in [0.15, 0.2) is 57.3 Å². The van der Waals surface area contributed by atoms with E-state index in [9.17, 15) is 4.79 Å². The van der Waals surface area contributed by atoms with Crippen molar-refractivity contribution in [3.63, 3.8) is 0 Å². The van der Waals surface area contributed by atoms with Gasteiger partial charge in [-0.15, -0.1) is 11.3 Å². The Labute approximate surface area is 190 Å². The molecule has 154 valence electrons. The van der Waals surface area contributed by atoms with Crippen LogP contribution in [0.1, 0.15) is 48.3 Å². The summed E-state index contributed by atoms with van der Waals surface area (Å²) >= 11 is 11.8. The Balaban J connectivity index is 1.82. The average molecular weight is 494 g/mol. The Morgan fingerprint density at radius 3 is 2.86 bits per heavy atom. The second-order valence-corrected chi connectivity index (χ2v) is 10.6. The van der Waals surface area contributed by atoms with E-state index in [2.05, 4.69) is 58.0 Å². The van der Waals surface area contributed by atoms with Gasteiger partial charge < -0.3 is 4.90 Å². The monoisotopic (exact) mass is 492 g/mol. The van der Waals surface area contributed by atoms with Crippen LogP contribution in [0.3, 0.4) is 0 Å². The fraction of sp³-hybridized carbons (Fsp3) is 0.391. The number of Topliss-reactive ketones (excluding diaryl/α,β-unsaturated/α-hetero) is 1. The lowest BCUT2D eigenvalue weighted by atomic mass is 9.84. The van der Waals surface area contributed by atoms with Gasteiger partial charge in [-0.05, 0) is 71.3 Å². The van der Waals surface area contributed by atoms with E-state index in [1.165, 1.54) is 0 Å². The molecule has 2 aromatic rings. The third kappa shape index (κ3) is 5.59. The first kappa shape index (κ1) is 22.3. The van der Waals surface area contributed by atoms with Crippen LogP contribution in [0.5, 0.6) is 0 Å². The summed E-state index contributed by atoms with van der Waals surface area (Å²) in [6.07, 6.45) is 10.4. The van der Waals surface area contributed by atoms with Gasteiger partial charge in [0.25, 0.3) is 0 Å². The number of hydrogen-bond donors (Lipinski definition) is 0. The molecule has 2 aromatic heterocycles. The standard InChI is InChI=1S/C23H26BrClN2OS/c1-15(11-22(28)19-12-23(24)29-17(19)3)16(2)20-14-27(10-5-4-8-21(20)25)18-7-6-9-26-13-18/h6-9,12-16H,4-5,10-11H2,1-3H3. The van der Waals surface area contributed by atoms with Gasteiger partial charge in [-0.25, -0.2) is 0 Å². The summed E-state index contributed by atoms with van der Waals surface area (Å²) in [7, 11) is 0. The third-order valence-electron chi connectivity index (χ3n) is 5.51. The van der Waals surface area contributed by atoms with Gasteiger partial charge in [0.1, 0.15) is 0 Å². The third-order valence-corrected chi connectivity index (χ3v) is 7.44. The van der Waals surface area contributed by atoms with Crippen LogP contribution in [-0.2, 0) is 0 Å². The number of anilines is 1. The zero-order valence-electron chi connectivity index (χ0n) is 17.0. The maximum Gasteiger partial charge on any atom is 0.164 e. The van der Waals surface area contributed by atoms with Gasteiger partial charge in [0.05, 0.1) is 15.7 Å². The minimum atomic E-state index is 0.155. The summed E-state index contributed by atoms with van der Waals surface area (Å²) in [4.78, 5) is 20.4. The van der Waals surface area contributed by atoms with Crippen molar-refractivity contribution in [2.75, 3.05) is 11.4 Å². The van der Waals surface area contributed by atoms with Crippen molar-refractivity contribution in [1.82, 2.24) is 4.98 Å². The first-order chi connectivity index (χ1) is 13.9. The minimum absolute atomic E-state index is 0.155. The van der Waals surface area contributed by atoms with Crippen LogP contribution in [0, 0.1) is 18.8 Å². The number of carbonyl (C=O) groups is 1. The van der Waals surface area contributed by atoms with E-state index < -0.39 is 0 Å². The zero-order chi connectivity index (χ0) is 21.0. The van der Waals surface area contributed by atoms with Crippen molar-refractivity contribution in [2.45, 2.75) is 40.0 Å². The number of hydrogen-bond acceptors (Lipinski definition) is 4. The van der Waals surface area contributed by atoms with Crippen molar-refractivity contribution in [3.05, 3.63) is 67.7 Å². The predicted molar refractivity (Wildman–Crippen MR) is 127 cm³/mol. The molecule has 3 heterocycles. The SMILES string of the molecule is Cc1sc(Br)cc1C(=O)CC(C)C(C)C1=CN(c2cccnc2)CCCC=C1Cl. The summed E-state index contributed by atoms with van der Waals surface area (Å²) in [6, 6.07) is 5.95. The molecule has 6 heteroatoms. The number of allylic oxidation sites excluding steroid dienone is 3. The summed E-state index contributed by atoms with van der Waals surface area (Å²) in [5, 5.41) is 0.792. The molecule has 0 fully saturated rings. The first-order valence-corrected chi connectivity index (χ1v) is 11.9. The highest BCUT2D eigenvalue weighted by molar-refractivity contribution is 9.11. The van der Waals surface area contributed by atoms with Gasteiger partial charge in [-0.3, -0.25) is 9.78 Å². The van der Waals surface area contributed by atoms with Crippen molar-refractivity contribution >= 4 is 50.3 Å². The van der Waals surface area contributed by atoms with Crippen LogP contribution < -0.4 is 4.90 Å². The summed E-state index contributed by atoms with van der Waals surface area (Å²) in [5.41, 5.74) is 2.97. The minimum Gasteiger partial charge on any atom is -0.346 e. The lowest BCUT2D eigenvalue weighted by molar-refractivity contribution is 0.0956. The molecule has 0 spiro atoms. The number of halogens is 2. The molecule has 2 atom stereocenters. The van der Waals surface area contributed by atoms with E-state index in [1.807, 2.05) is 25.3 Å². The number of nitrogens with zero attached hydrogens (tertiary/aromatic N) is 2. The highest BCUT2D eigenvalue weighted by Crippen LogP contribution is 2.35. The molecule has 0 aromatic carbocycles. The molecule has 3 nitrogen and oxygen atoms in total. The van der Waals surface area contributed by atoms with E-state index in [4.69, 9.17) is 11.6 Å². The Morgan fingerprint density at radius 2 is 2.21 bits per heavy atom. The number of carbonyl (C=O) groups excluding carboxylic acids is 1. The Kier molecular flexibility index (Phi) is 7.72. The number of thiophene rings is 1. The summed E-state index contributed by atoms with van der Waals surface area (Å²) < 4.78 is 1.000. The van der Waals surface area contributed by atoms with Gasteiger partial charge >= 0.3 is 0 Å². The van der Waals surface area contributed by atoms with Gasteiger partial charge in [0.2, 0.25) is 0 Å². The topological polar surface area (TPSA) is 33.2 Å². The summed E-state index contributed by atoms with van der Waals surface area (Å²) in [6.45, 7) is 7.22. The smallest absolute Gasteiger partial charge is 0.164 e. The van der Waals surface area contributed by atoms with Crippen LogP contribution in [0.2, 0.25) is 0 Å².